The molecule has 2 aliphatic carbocycles. The van der Waals surface area contributed by atoms with E-state index in [1.807, 2.05) is 0 Å². The number of nitrogens with one attached hydrogen (secondary N) is 2. The van der Waals surface area contributed by atoms with E-state index < -0.39 is 0 Å². The fraction of sp³-hybridized carbons (Fsp3) is 0.579. The largest absolute Gasteiger partial charge is 0.495 e. The van der Waals surface area contributed by atoms with E-state index in [0.717, 1.165) is 25.7 Å². The van der Waals surface area contributed by atoms with Gasteiger partial charge in [-0.3, -0.25) is 9.59 Å². The lowest BCUT2D eigenvalue weighted by Gasteiger charge is -2.22. The van der Waals surface area contributed by atoms with Crippen molar-refractivity contribution in [3.8, 4) is 11.5 Å². The molecule has 0 saturated heterocycles. The second-order valence-electron chi connectivity index (χ2n) is 6.97. The average Bonchev–Trinajstić information content (AvgIpc) is 3.44. The van der Waals surface area contributed by atoms with E-state index in [1.165, 1.54) is 20.6 Å². The summed E-state index contributed by atoms with van der Waals surface area (Å²) in [7, 11) is 3.01. The van der Waals surface area contributed by atoms with E-state index in [1.54, 1.807) is 12.1 Å². The van der Waals surface area contributed by atoms with Crippen molar-refractivity contribution in [1.82, 2.24) is 5.32 Å². The SMILES string of the molecule is COc1cc(NC(=O)C2CC2C(=O)NC2CCCCC2)c(OC)cc1Cl. The van der Waals surface area contributed by atoms with Gasteiger partial charge in [0.15, 0.2) is 0 Å². The molecule has 2 aliphatic rings. The summed E-state index contributed by atoms with van der Waals surface area (Å²) in [4.78, 5) is 24.9. The third kappa shape index (κ3) is 4.23. The molecule has 0 aliphatic heterocycles. The predicted octanol–water partition coefficient (Wildman–Crippen LogP) is 3.38. The molecule has 2 unspecified atom stereocenters. The van der Waals surface area contributed by atoms with Crippen molar-refractivity contribution in [2.75, 3.05) is 19.5 Å². The van der Waals surface area contributed by atoms with Gasteiger partial charge in [-0.05, 0) is 19.3 Å². The summed E-state index contributed by atoms with van der Waals surface area (Å²) < 4.78 is 10.5. The Labute approximate surface area is 158 Å². The van der Waals surface area contributed by atoms with E-state index in [2.05, 4.69) is 10.6 Å². The maximum Gasteiger partial charge on any atom is 0.228 e. The van der Waals surface area contributed by atoms with Gasteiger partial charge in [0.25, 0.3) is 0 Å². The quantitative estimate of drug-likeness (QED) is 0.793. The molecule has 2 saturated carbocycles. The second-order valence-corrected chi connectivity index (χ2v) is 7.38. The lowest BCUT2D eigenvalue weighted by Crippen LogP contribution is -2.37. The molecule has 1 aromatic rings. The van der Waals surface area contributed by atoms with E-state index in [4.69, 9.17) is 21.1 Å². The van der Waals surface area contributed by atoms with Crippen molar-refractivity contribution in [2.24, 2.45) is 11.8 Å². The topological polar surface area (TPSA) is 76.7 Å². The molecule has 0 radical (unpaired) electrons. The third-order valence-corrected chi connectivity index (χ3v) is 5.44. The first-order chi connectivity index (χ1) is 12.5. The Bertz CT molecular complexity index is 688. The minimum Gasteiger partial charge on any atom is -0.495 e. The zero-order valence-electron chi connectivity index (χ0n) is 15.1. The van der Waals surface area contributed by atoms with Gasteiger partial charge in [0.2, 0.25) is 11.8 Å². The van der Waals surface area contributed by atoms with Crippen molar-refractivity contribution >= 4 is 29.1 Å². The maximum atomic E-state index is 12.5. The zero-order chi connectivity index (χ0) is 18.7. The fourth-order valence-corrected chi connectivity index (χ4v) is 3.74. The minimum absolute atomic E-state index is 0.00213. The third-order valence-electron chi connectivity index (χ3n) is 5.15. The molecule has 26 heavy (non-hydrogen) atoms. The molecule has 2 fully saturated rings. The molecule has 7 heteroatoms. The van der Waals surface area contributed by atoms with Gasteiger partial charge in [0.1, 0.15) is 11.5 Å². The summed E-state index contributed by atoms with van der Waals surface area (Å²) in [5.41, 5.74) is 0.483. The molecule has 6 nitrogen and oxygen atoms in total. The van der Waals surface area contributed by atoms with E-state index in [-0.39, 0.29) is 29.7 Å². The number of halogens is 1. The van der Waals surface area contributed by atoms with E-state index in [9.17, 15) is 9.59 Å². The monoisotopic (exact) mass is 380 g/mol. The lowest BCUT2D eigenvalue weighted by molar-refractivity contribution is -0.126. The van der Waals surface area contributed by atoms with Crippen LogP contribution in [-0.4, -0.2) is 32.1 Å². The van der Waals surface area contributed by atoms with Crippen molar-refractivity contribution in [3.05, 3.63) is 17.2 Å². The number of ether oxygens (including phenoxy) is 2. The Morgan fingerprint density at radius 1 is 1.00 bits per heavy atom. The van der Waals surface area contributed by atoms with Crippen LogP contribution < -0.4 is 20.1 Å². The van der Waals surface area contributed by atoms with Crippen LogP contribution in [0.15, 0.2) is 12.1 Å². The first kappa shape index (κ1) is 18.8. The van der Waals surface area contributed by atoms with Gasteiger partial charge in [-0.2, -0.15) is 0 Å². The minimum atomic E-state index is -0.301. The van der Waals surface area contributed by atoms with Crippen LogP contribution in [0.25, 0.3) is 0 Å². The van der Waals surface area contributed by atoms with Crippen molar-refractivity contribution < 1.29 is 19.1 Å². The highest BCUT2D eigenvalue weighted by molar-refractivity contribution is 6.32. The van der Waals surface area contributed by atoms with Crippen LogP contribution in [0, 0.1) is 11.8 Å². The molecule has 2 amide bonds. The summed E-state index contributed by atoms with van der Waals surface area (Å²) >= 11 is 6.08. The summed E-state index contributed by atoms with van der Waals surface area (Å²) in [5.74, 6) is 0.175. The fourth-order valence-electron chi connectivity index (χ4n) is 3.51. The van der Waals surface area contributed by atoms with Gasteiger partial charge in [0.05, 0.1) is 36.8 Å². The molecule has 2 atom stereocenters. The van der Waals surface area contributed by atoms with E-state index >= 15 is 0 Å². The number of carbonyl (C=O) groups is 2. The summed E-state index contributed by atoms with van der Waals surface area (Å²) in [5, 5.41) is 6.33. The lowest BCUT2D eigenvalue weighted by atomic mass is 9.95. The van der Waals surface area contributed by atoms with Gasteiger partial charge in [0, 0.05) is 18.2 Å². The van der Waals surface area contributed by atoms with Crippen LogP contribution >= 0.6 is 11.6 Å². The Morgan fingerprint density at radius 2 is 1.65 bits per heavy atom. The van der Waals surface area contributed by atoms with Crippen molar-refractivity contribution in [3.63, 3.8) is 0 Å². The number of hydrogen-bond acceptors (Lipinski definition) is 4. The number of hydrogen-bond donors (Lipinski definition) is 2. The highest BCUT2D eigenvalue weighted by atomic mass is 35.5. The number of amides is 2. The van der Waals surface area contributed by atoms with Crippen LogP contribution in [0.3, 0.4) is 0 Å². The smallest absolute Gasteiger partial charge is 0.228 e. The van der Waals surface area contributed by atoms with Gasteiger partial charge in [-0.25, -0.2) is 0 Å². The molecule has 142 valence electrons. The summed E-state index contributed by atoms with van der Waals surface area (Å²) in [6, 6.07) is 3.48. The molecular weight excluding hydrogens is 356 g/mol. The number of rotatable bonds is 6. The number of anilines is 1. The predicted molar refractivity (Wildman–Crippen MR) is 99.8 cm³/mol. The molecule has 1 aromatic carbocycles. The van der Waals surface area contributed by atoms with Crippen molar-refractivity contribution in [2.45, 2.75) is 44.6 Å². The molecule has 2 N–H and O–H groups in total. The molecule has 3 rings (SSSR count). The zero-order valence-corrected chi connectivity index (χ0v) is 15.9. The Hall–Kier alpha value is -1.95. The van der Waals surface area contributed by atoms with Gasteiger partial charge < -0.3 is 20.1 Å². The Kier molecular flexibility index (Phi) is 5.91. The van der Waals surface area contributed by atoms with Crippen molar-refractivity contribution in [1.29, 1.82) is 0 Å². The second kappa shape index (κ2) is 8.16. The first-order valence-electron chi connectivity index (χ1n) is 9.06. The van der Waals surface area contributed by atoms with Gasteiger partial charge in [-0.15, -0.1) is 0 Å². The summed E-state index contributed by atoms with van der Waals surface area (Å²) in [6.07, 6.45) is 6.23. The van der Waals surface area contributed by atoms with Gasteiger partial charge >= 0.3 is 0 Å². The van der Waals surface area contributed by atoms with Crippen LogP contribution in [-0.2, 0) is 9.59 Å². The van der Waals surface area contributed by atoms with Crippen LogP contribution in [0.2, 0.25) is 5.02 Å². The average molecular weight is 381 g/mol. The summed E-state index contributed by atoms with van der Waals surface area (Å²) in [6.45, 7) is 0. The standard InChI is InChI=1S/C19H25ClN2O4/c1-25-16-10-15(17(26-2)9-14(16)20)22-19(24)13-8-12(13)18(23)21-11-6-4-3-5-7-11/h9-13H,3-8H2,1-2H3,(H,21,23)(H,22,24). The normalized spacial score (nSPS) is 22.4. The molecule has 0 bridgehead atoms. The number of carbonyl (C=O) groups excluding carboxylic acids is 2. The molecular formula is C19H25ClN2O4. The maximum absolute atomic E-state index is 12.5. The van der Waals surface area contributed by atoms with Crippen LogP contribution in [0.4, 0.5) is 5.69 Å². The number of methoxy groups -OCH3 is 2. The van der Waals surface area contributed by atoms with E-state index in [0.29, 0.717) is 28.6 Å². The highest BCUT2D eigenvalue weighted by Crippen LogP contribution is 2.42. The highest BCUT2D eigenvalue weighted by Gasteiger charge is 2.48. The van der Waals surface area contributed by atoms with Crippen LogP contribution in [0.5, 0.6) is 11.5 Å². The first-order valence-corrected chi connectivity index (χ1v) is 9.44. The Morgan fingerprint density at radius 3 is 2.31 bits per heavy atom. The molecule has 0 spiro atoms. The molecule has 0 aromatic heterocycles. The Balaban J connectivity index is 1.58. The van der Waals surface area contributed by atoms with Gasteiger partial charge in [-0.1, -0.05) is 30.9 Å². The van der Waals surface area contributed by atoms with Crippen LogP contribution in [0.1, 0.15) is 38.5 Å². The number of benzene rings is 1. The molecule has 0 heterocycles.